The molecule has 0 saturated carbocycles. The molecule has 1 atom stereocenters. The van der Waals surface area contributed by atoms with Crippen molar-refractivity contribution in [1.82, 2.24) is 19.8 Å². The Morgan fingerprint density at radius 1 is 1.60 bits per heavy atom. The Morgan fingerprint density at radius 3 is 2.73 bits per heavy atom. The Balaban J connectivity index is 2.66. The Hall–Kier alpha value is -0.920. The van der Waals surface area contributed by atoms with Gasteiger partial charge < -0.3 is 4.90 Å². The van der Waals surface area contributed by atoms with Crippen molar-refractivity contribution in [1.29, 1.82) is 0 Å². The molecule has 15 heavy (non-hydrogen) atoms. The predicted molar refractivity (Wildman–Crippen MR) is 56.9 cm³/mol. The molecule has 86 valence electrons. The largest absolute Gasteiger partial charge is 0.308 e. The fourth-order valence-electron chi connectivity index (χ4n) is 1.30. The molecule has 0 radical (unpaired) electrons. The van der Waals surface area contributed by atoms with Gasteiger partial charge in [-0.3, -0.25) is 5.10 Å². The topological polar surface area (TPSA) is 78.1 Å². The molecule has 0 aliphatic heterocycles. The number of sulfonamides is 1. The highest BCUT2D eigenvalue weighted by atomic mass is 32.2. The van der Waals surface area contributed by atoms with Crippen molar-refractivity contribution in [2.75, 3.05) is 20.6 Å². The Kier molecular flexibility index (Phi) is 3.83. The molecular formula is C8H16N4O2S. The lowest BCUT2D eigenvalue weighted by molar-refractivity contribution is 0.370. The maximum atomic E-state index is 11.7. The molecule has 0 aliphatic rings. The summed E-state index contributed by atoms with van der Waals surface area (Å²) in [6, 6.07) is -0.139. The van der Waals surface area contributed by atoms with E-state index in [1.165, 1.54) is 12.4 Å². The third-order valence-corrected chi connectivity index (χ3v) is 3.34. The van der Waals surface area contributed by atoms with Crippen LogP contribution in [0.1, 0.15) is 6.92 Å². The van der Waals surface area contributed by atoms with E-state index in [1.807, 2.05) is 25.9 Å². The fourth-order valence-corrected chi connectivity index (χ4v) is 2.44. The summed E-state index contributed by atoms with van der Waals surface area (Å²) in [5.41, 5.74) is 0. The van der Waals surface area contributed by atoms with Crippen molar-refractivity contribution in [3.05, 3.63) is 12.4 Å². The summed E-state index contributed by atoms with van der Waals surface area (Å²) in [4.78, 5) is 2.08. The summed E-state index contributed by atoms with van der Waals surface area (Å²) >= 11 is 0. The van der Waals surface area contributed by atoms with Crippen LogP contribution in [0.3, 0.4) is 0 Å². The van der Waals surface area contributed by atoms with Crippen LogP contribution in [0, 0.1) is 0 Å². The zero-order valence-corrected chi connectivity index (χ0v) is 9.87. The number of nitrogens with one attached hydrogen (secondary N) is 2. The van der Waals surface area contributed by atoms with Crippen LogP contribution in [0.25, 0.3) is 0 Å². The number of aromatic nitrogens is 2. The summed E-state index contributed by atoms with van der Waals surface area (Å²) in [6.45, 7) is 2.47. The molecule has 2 N–H and O–H groups in total. The average Bonchev–Trinajstić information content (AvgIpc) is 2.51. The predicted octanol–water partition coefficient (Wildman–Crippen LogP) is -0.362. The summed E-state index contributed by atoms with van der Waals surface area (Å²) in [5.74, 6) is 0. The third kappa shape index (κ3) is 3.61. The van der Waals surface area contributed by atoms with Crippen LogP contribution in [0.2, 0.25) is 0 Å². The minimum absolute atomic E-state index is 0.139. The van der Waals surface area contributed by atoms with E-state index in [9.17, 15) is 8.42 Å². The van der Waals surface area contributed by atoms with E-state index < -0.39 is 10.0 Å². The van der Waals surface area contributed by atoms with Gasteiger partial charge in [0.05, 0.1) is 6.20 Å². The van der Waals surface area contributed by atoms with Crippen molar-refractivity contribution in [3.63, 3.8) is 0 Å². The van der Waals surface area contributed by atoms with Crippen LogP contribution in [-0.4, -0.2) is 50.2 Å². The highest BCUT2D eigenvalue weighted by Gasteiger charge is 2.18. The smallest absolute Gasteiger partial charge is 0.243 e. The zero-order valence-electron chi connectivity index (χ0n) is 9.06. The maximum Gasteiger partial charge on any atom is 0.243 e. The van der Waals surface area contributed by atoms with Gasteiger partial charge in [-0.2, -0.15) is 5.10 Å². The molecule has 0 amide bonds. The lowest BCUT2D eigenvalue weighted by Gasteiger charge is -2.17. The van der Waals surface area contributed by atoms with Crippen molar-refractivity contribution in [3.8, 4) is 0 Å². The number of hydrogen-bond acceptors (Lipinski definition) is 4. The fraction of sp³-hybridized carbons (Fsp3) is 0.625. The van der Waals surface area contributed by atoms with Crippen LogP contribution >= 0.6 is 0 Å². The van der Waals surface area contributed by atoms with Gasteiger partial charge in [-0.25, -0.2) is 13.1 Å². The van der Waals surface area contributed by atoms with Crippen LogP contribution in [0.4, 0.5) is 0 Å². The Bertz CT molecular complexity index is 385. The van der Waals surface area contributed by atoms with Gasteiger partial charge in [-0.05, 0) is 21.0 Å². The molecule has 1 rings (SSSR count). The molecular weight excluding hydrogens is 216 g/mol. The van der Waals surface area contributed by atoms with Crippen molar-refractivity contribution in [2.24, 2.45) is 0 Å². The lowest BCUT2D eigenvalue weighted by atomic mass is 10.3. The van der Waals surface area contributed by atoms with E-state index in [0.717, 1.165) is 0 Å². The van der Waals surface area contributed by atoms with E-state index in [2.05, 4.69) is 14.9 Å². The second-order valence-corrected chi connectivity index (χ2v) is 5.43. The van der Waals surface area contributed by atoms with Crippen LogP contribution in [-0.2, 0) is 10.0 Å². The molecule has 1 aromatic rings. The van der Waals surface area contributed by atoms with E-state index in [4.69, 9.17) is 0 Å². The molecule has 0 spiro atoms. The number of hydrogen-bond donors (Lipinski definition) is 2. The van der Waals surface area contributed by atoms with Crippen LogP contribution in [0.15, 0.2) is 17.3 Å². The summed E-state index contributed by atoms with van der Waals surface area (Å²) in [5, 5.41) is 6.07. The van der Waals surface area contributed by atoms with Crippen LogP contribution in [0.5, 0.6) is 0 Å². The standard InChI is InChI=1S/C8H16N4O2S/c1-7(6-12(2)3)11-15(13,14)8-4-9-10-5-8/h4-5,7,11H,6H2,1-3H3,(H,9,10). The number of likely N-dealkylation sites (N-methyl/N-ethyl adjacent to an activating group) is 1. The molecule has 0 bridgehead atoms. The molecule has 0 aliphatic carbocycles. The summed E-state index contributed by atoms with van der Waals surface area (Å²) < 4.78 is 26.0. The highest BCUT2D eigenvalue weighted by Crippen LogP contribution is 2.05. The van der Waals surface area contributed by atoms with E-state index in [0.29, 0.717) is 6.54 Å². The number of nitrogens with zero attached hydrogens (tertiary/aromatic N) is 2. The third-order valence-electron chi connectivity index (χ3n) is 1.78. The molecule has 0 fully saturated rings. The van der Waals surface area contributed by atoms with Crippen molar-refractivity contribution < 1.29 is 8.42 Å². The molecule has 0 aromatic carbocycles. The minimum Gasteiger partial charge on any atom is -0.308 e. The average molecular weight is 232 g/mol. The minimum atomic E-state index is -3.43. The Labute approximate surface area is 89.7 Å². The van der Waals surface area contributed by atoms with E-state index >= 15 is 0 Å². The quantitative estimate of drug-likeness (QED) is 0.726. The zero-order chi connectivity index (χ0) is 11.5. The Morgan fingerprint density at radius 2 is 2.27 bits per heavy atom. The summed E-state index contributed by atoms with van der Waals surface area (Å²) in [7, 11) is 0.351. The number of rotatable bonds is 5. The number of H-pyrrole nitrogens is 1. The maximum absolute atomic E-state index is 11.7. The SMILES string of the molecule is CC(CN(C)C)NS(=O)(=O)c1cn[nH]c1. The van der Waals surface area contributed by atoms with Crippen molar-refractivity contribution >= 4 is 10.0 Å². The molecule has 6 nitrogen and oxygen atoms in total. The monoisotopic (exact) mass is 232 g/mol. The van der Waals surface area contributed by atoms with Gasteiger partial charge in [-0.1, -0.05) is 0 Å². The summed E-state index contributed by atoms with van der Waals surface area (Å²) in [6.07, 6.45) is 2.63. The van der Waals surface area contributed by atoms with E-state index in [-0.39, 0.29) is 10.9 Å². The first-order chi connectivity index (χ1) is 6.92. The second-order valence-electron chi connectivity index (χ2n) is 3.72. The van der Waals surface area contributed by atoms with Gasteiger partial charge >= 0.3 is 0 Å². The second kappa shape index (κ2) is 4.73. The van der Waals surface area contributed by atoms with Crippen molar-refractivity contribution in [2.45, 2.75) is 17.9 Å². The van der Waals surface area contributed by atoms with E-state index in [1.54, 1.807) is 0 Å². The number of aromatic amines is 1. The molecule has 1 heterocycles. The van der Waals surface area contributed by atoms with Gasteiger partial charge in [0.2, 0.25) is 10.0 Å². The first-order valence-electron chi connectivity index (χ1n) is 4.57. The van der Waals surface area contributed by atoms with Gasteiger partial charge in [0.25, 0.3) is 0 Å². The lowest BCUT2D eigenvalue weighted by Crippen LogP contribution is -2.39. The normalized spacial score (nSPS) is 14.4. The molecule has 1 aromatic heterocycles. The highest BCUT2D eigenvalue weighted by molar-refractivity contribution is 7.89. The van der Waals surface area contributed by atoms with Gasteiger partial charge in [0.1, 0.15) is 4.90 Å². The van der Waals surface area contributed by atoms with Gasteiger partial charge in [0, 0.05) is 18.8 Å². The first-order valence-corrected chi connectivity index (χ1v) is 6.06. The molecule has 1 unspecified atom stereocenters. The molecule has 0 saturated heterocycles. The van der Waals surface area contributed by atoms with Gasteiger partial charge in [0.15, 0.2) is 0 Å². The molecule has 7 heteroatoms. The first kappa shape index (κ1) is 12.2. The van der Waals surface area contributed by atoms with Crippen LogP contribution < -0.4 is 4.72 Å². The van der Waals surface area contributed by atoms with Gasteiger partial charge in [-0.15, -0.1) is 0 Å².